The molecule has 0 unspecified atom stereocenters. The molecule has 0 saturated carbocycles. The Morgan fingerprint density at radius 3 is 2.40 bits per heavy atom. The minimum atomic E-state index is 0.566. The SMILES string of the molecule is CCC(OC)=C(C#N)c1ccc(Cl)cc1. The van der Waals surface area contributed by atoms with Crippen molar-refractivity contribution < 1.29 is 4.74 Å². The van der Waals surface area contributed by atoms with E-state index in [2.05, 4.69) is 6.07 Å². The molecule has 0 saturated heterocycles. The molecule has 3 heteroatoms. The first kappa shape index (κ1) is 11.6. The molecule has 0 bridgehead atoms. The zero-order chi connectivity index (χ0) is 11.3. The number of nitrogens with zero attached hydrogens (tertiary/aromatic N) is 1. The van der Waals surface area contributed by atoms with Crippen molar-refractivity contribution in [2.24, 2.45) is 0 Å². The third-order valence-electron chi connectivity index (χ3n) is 2.09. The number of ether oxygens (including phenoxy) is 1. The van der Waals surface area contributed by atoms with Crippen LogP contribution in [0.15, 0.2) is 30.0 Å². The predicted molar refractivity (Wildman–Crippen MR) is 61.3 cm³/mol. The first-order valence-corrected chi connectivity index (χ1v) is 5.03. The van der Waals surface area contributed by atoms with Gasteiger partial charge in [-0.3, -0.25) is 0 Å². The molecular weight excluding hydrogens is 210 g/mol. The van der Waals surface area contributed by atoms with Gasteiger partial charge in [0.2, 0.25) is 0 Å². The van der Waals surface area contributed by atoms with Crippen LogP contribution in [0.1, 0.15) is 18.9 Å². The van der Waals surface area contributed by atoms with Crippen molar-refractivity contribution >= 4 is 17.2 Å². The van der Waals surface area contributed by atoms with Gasteiger partial charge >= 0.3 is 0 Å². The maximum absolute atomic E-state index is 9.06. The summed E-state index contributed by atoms with van der Waals surface area (Å²) in [5.74, 6) is 0.694. The summed E-state index contributed by atoms with van der Waals surface area (Å²) in [4.78, 5) is 0. The average molecular weight is 222 g/mol. The summed E-state index contributed by atoms with van der Waals surface area (Å²) in [5.41, 5.74) is 1.40. The Morgan fingerprint density at radius 1 is 1.40 bits per heavy atom. The van der Waals surface area contributed by atoms with E-state index in [1.807, 2.05) is 19.1 Å². The Kier molecular flexibility index (Phi) is 4.20. The lowest BCUT2D eigenvalue weighted by molar-refractivity contribution is 0.283. The van der Waals surface area contributed by atoms with Gasteiger partial charge < -0.3 is 4.74 Å². The van der Waals surface area contributed by atoms with E-state index < -0.39 is 0 Å². The number of allylic oxidation sites excluding steroid dienone is 2. The van der Waals surface area contributed by atoms with E-state index in [-0.39, 0.29) is 0 Å². The second kappa shape index (κ2) is 5.43. The van der Waals surface area contributed by atoms with Gasteiger partial charge in [-0.05, 0) is 17.7 Å². The van der Waals surface area contributed by atoms with Crippen molar-refractivity contribution in [3.8, 4) is 6.07 Å². The largest absolute Gasteiger partial charge is 0.500 e. The Morgan fingerprint density at radius 2 is 2.00 bits per heavy atom. The van der Waals surface area contributed by atoms with E-state index in [4.69, 9.17) is 21.6 Å². The van der Waals surface area contributed by atoms with Crippen LogP contribution in [0.2, 0.25) is 5.02 Å². The van der Waals surface area contributed by atoms with E-state index in [0.29, 0.717) is 22.8 Å². The number of halogens is 1. The van der Waals surface area contributed by atoms with E-state index in [9.17, 15) is 0 Å². The number of methoxy groups -OCH3 is 1. The summed E-state index contributed by atoms with van der Waals surface area (Å²) in [7, 11) is 1.58. The molecule has 0 fully saturated rings. The molecule has 0 aliphatic carbocycles. The topological polar surface area (TPSA) is 33.0 Å². The van der Waals surface area contributed by atoms with Crippen LogP contribution >= 0.6 is 11.6 Å². The van der Waals surface area contributed by atoms with Crippen LogP contribution in [-0.2, 0) is 4.74 Å². The highest BCUT2D eigenvalue weighted by molar-refractivity contribution is 6.30. The normalized spacial score (nSPS) is 11.6. The van der Waals surface area contributed by atoms with Gasteiger partial charge in [0.25, 0.3) is 0 Å². The van der Waals surface area contributed by atoms with Crippen LogP contribution in [0.3, 0.4) is 0 Å². The molecule has 1 aromatic carbocycles. The van der Waals surface area contributed by atoms with Crippen LogP contribution in [-0.4, -0.2) is 7.11 Å². The minimum Gasteiger partial charge on any atom is -0.500 e. The van der Waals surface area contributed by atoms with E-state index in [1.54, 1.807) is 19.2 Å². The highest BCUT2D eigenvalue weighted by atomic mass is 35.5. The number of hydrogen-bond donors (Lipinski definition) is 0. The second-order valence-electron chi connectivity index (χ2n) is 2.97. The number of hydrogen-bond acceptors (Lipinski definition) is 2. The summed E-state index contributed by atoms with van der Waals surface area (Å²) in [6.45, 7) is 1.95. The van der Waals surface area contributed by atoms with Gasteiger partial charge in [0.1, 0.15) is 11.8 Å². The van der Waals surface area contributed by atoms with Gasteiger partial charge in [-0.15, -0.1) is 0 Å². The van der Waals surface area contributed by atoms with Crippen molar-refractivity contribution in [3.05, 3.63) is 40.6 Å². The smallest absolute Gasteiger partial charge is 0.114 e. The molecular formula is C12H12ClNO. The maximum Gasteiger partial charge on any atom is 0.114 e. The number of nitriles is 1. The third kappa shape index (κ3) is 2.74. The molecule has 0 N–H and O–H groups in total. The molecule has 0 aliphatic heterocycles. The van der Waals surface area contributed by atoms with Crippen molar-refractivity contribution in [1.29, 1.82) is 5.26 Å². The van der Waals surface area contributed by atoms with Gasteiger partial charge in [0.15, 0.2) is 0 Å². The predicted octanol–water partition coefficient (Wildman–Crippen LogP) is 3.63. The summed E-state index contributed by atoms with van der Waals surface area (Å²) >= 11 is 5.78. The lowest BCUT2D eigenvalue weighted by Crippen LogP contribution is -1.91. The molecule has 0 atom stereocenters. The Balaban J connectivity index is 3.19. The molecule has 1 rings (SSSR count). The molecule has 1 aromatic rings. The quantitative estimate of drug-likeness (QED) is 0.577. The van der Waals surface area contributed by atoms with Gasteiger partial charge in [-0.1, -0.05) is 30.7 Å². The maximum atomic E-state index is 9.06. The molecule has 78 valence electrons. The zero-order valence-corrected chi connectivity index (χ0v) is 9.51. The fourth-order valence-electron chi connectivity index (χ4n) is 1.33. The number of rotatable bonds is 3. The molecule has 2 nitrogen and oxygen atoms in total. The fourth-order valence-corrected chi connectivity index (χ4v) is 1.45. The highest BCUT2D eigenvalue weighted by Gasteiger charge is 2.07. The molecule has 0 aliphatic rings. The summed E-state index contributed by atoms with van der Waals surface area (Å²) in [5, 5.41) is 9.72. The molecule has 15 heavy (non-hydrogen) atoms. The Labute approximate surface area is 94.7 Å². The third-order valence-corrected chi connectivity index (χ3v) is 2.34. The van der Waals surface area contributed by atoms with Gasteiger partial charge in [0, 0.05) is 11.4 Å². The van der Waals surface area contributed by atoms with E-state index >= 15 is 0 Å². The monoisotopic (exact) mass is 221 g/mol. The van der Waals surface area contributed by atoms with Crippen molar-refractivity contribution in [2.45, 2.75) is 13.3 Å². The first-order chi connectivity index (χ1) is 7.22. The first-order valence-electron chi connectivity index (χ1n) is 4.66. The lowest BCUT2D eigenvalue weighted by Gasteiger charge is -2.07. The highest BCUT2D eigenvalue weighted by Crippen LogP contribution is 2.22. The second-order valence-corrected chi connectivity index (χ2v) is 3.41. The lowest BCUT2D eigenvalue weighted by atomic mass is 10.1. The zero-order valence-electron chi connectivity index (χ0n) is 8.75. The fraction of sp³-hybridized carbons (Fsp3) is 0.250. The average Bonchev–Trinajstić information content (AvgIpc) is 2.27. The van der Waals surface area contributed by atoms with Crippen LogP contribution in [0.5, 0.6) is 0 Å². The molecule has 0 radical (unpaired) electrons. The molecule has 0 aromatic heterocycles. The molecule has 0 spiro atoms. The van der Waals surface area contributed by atoms with Crippen molar-refractivity contribution in [1.82, 2.24) is 0 Å². The van der Waals surface area contributed by atoms with Crippen LogP contribution in [0.4, 0.5) is 0 Å². The Hall–Kier alpha value is -1.46. The van der Waals surface area contributed by atoms with Crippen LogP contribution < -0.4 is 0 Å². The summed E-state index contributed by atoms with van der Waals surface area (Å²) in [6, 6.07) is 9.30. The molecule has 0 heterocycles. The van der Waals surface area contributed by atoms with Crippen molar-refractivity contribution in [3.63, 3.8) is 0 Å². The Bertz CT molecular complexity index is 395. The van der Waals surface area contributed by atoms with Crippen molar-refractivity contribution in [2.75, 3.05) is 7.11 Å². The van der Waals surface area contributed by atoms with Gasteiger partial charge in [-0.25, -0.2) is 0 Å². The van der Waals surface area contributed by atoms with E-state index in [0.717, 1.165) is 5.56 Å². The molecule has 0 amide bonds. The van der Waals surface area contributed by atoms with Gasteiger partial charge in [0.05, 0.1) is 12.7 Å². The summed E-state index contributed by atoms with van der Waals surface area (Å²) in [6.07, 6.45) is 0.696. The van der Waals surface area contributed by atoms with Gasteiger partial charge in [-0.2, -0.15) is 5.26 Å². The van der Waals surface area contributed by atoms with E-state index in [1.165, 1.54) is 0 Å². The number of benzene rings is 1. The summed E-state index contributed by atoms with van der Waals surface area (Å²) < 4.78 is 5.16. The van der Waals surface area contributed by atoms with Crippen LogP contribution in [0, 0.1) is 11.3 Å². The standard InChI is InChI=1S/C12H12ClNO/c1-3-12(15-2)11(8-14)9-4-6-10(13)7-5-9/h4-7H,3H2,1-2H3. The van der Waals surface area contributed by atoms with Crippen LogP contribution in [0.25, 0.3) is 5.57 Å². The minimum absolute atomic E-state index is 0.566.